The number of aromatic nitrogens is 1. The Morgan fingerprint density at radius 3 is 2.52 bits per heavy atom. The number of ether oxygens (including phenoxy) is 1. The number of methoxy groups -OCH3 is 1. The molecule has 2 atom stereocenters. The van der Waals surface area contributed by atoms with Gasteiger partial charge in [-0.15, -0.1) is 0 Å². The molecule has 6 heteroatoms. The van der Waals surface area contributed by atoms with Gasteiger partial charge in [0.2, 0.25) is 0 Å². The third kappa shape index (κ3) is 4.42. The average molecular weight is 317 g/mol. The Bertz CT molecular complexity index is 664. The summed E-state index contributed by atoms with van der Waals surface area (Å²) in [5.41, 5.74) is 1.43. The highest BCUT2D eigenvalue weighted by Crippen LogP contribution is 2.21. The largest absolute Gasteiger partial charge is 0.494 e. The van der Waals surface area contributed by atoms with Crippen molar-refractivity contribution in [2.75, 3.05) is 7.11 Å². The minimum atomic E-state index is -0.457. The van der Waals surface area contributed by atoms with Crippen molar-refractivity contribution in [1.29, 1.82) is 0 Å². The number of urea groups is 1. The Hall–Kier alpha value is -2.63. The molecule has 1 aromatic carbocycles. The Morgan fingerprint density at radius 1 is 1.17 bits per heavy atom. The molecular weight excluding hydrogens is 297 g/mol. The molecule has 2 aromatic rings. The molecule has 0 saturated carbocycles. The third-order valence-electron chi connectivity index (χ3n) is 3.50. The standard InChI is InChI=1S/C17H20FN3O2/c1-11(13-7-8-16(23-3)14(18)10-13)20-17(22)21-12(2)15-6-4-5-9-19-15/h4-12H,1-3H3,(H2,20,21,22)/t11-,12+/m1/s1. The van der Waals surface area contributed by atoms with Crippen LogP contribution in [0, 0.1) is 5.82 Å². The van der Waals surface area contributed by atoms with Crippen molar-refractivity contribution >= 4 is 6.03 Å². The molecule has 0 radical (unpaired) electrons. The monoisotopic (exact) mass is 317 g/mol. The molecule has 0 aliphatic rings. The fourth-order valence-electron chi connectivity index (χ4n) is 2.18. The molecule has 0 bridgehead atoms. The summed E-state index contributed by atoms with van der Waals surface area (Å²) in [6.45, 7) is 3.63. The number of nitrogens with zero attached hydrogens (tertiary/aromatic N) is 1. The first kappa shape index (κ1) is 16.7. The fourth-order valence-corrected chi connectivity index (χ4v) is 2.18. The van der Waals surface area contributed by atoms with E-state index in [1.54, 1.807) is 19.2 Å². The van der Waals surface area contributed by atoms with E-state index in [-0.39, 0.29) is 23.9 Å². The first-order chi connectivity index (χ1) is 11.0. The van der Waals surface area contributed by atoms with Crippen LogP contribution in [0.15, 0.2) is 42.6 Å². The second-order valence-corrected chi connectivity index (χ2v) is 5.21. The molecule has 5 nitrogen and oxygen atoms in total. The van der Waals surface area contributed by atoms with Gasteiger partial charge in [0.05, 0.1) is 24.9 Å². The van der Waals surface area contributed by atoms with E-state index in [2.05, 4.69) is 15.6 Å². The Labute approximate surface area is 134 Å². The van der Waals surface area contributed by atoms with Crippen LogP contribution in [0.3, 0.4) is 0 Å². The summed E-state index contributed by atoms with van der Waals surface area (Å²) in [4.78, 5) is 16.2. The van der Waals surface area contributed by atoms with Gasteiger partial charge in [-0.05, 0) is 43.7 Å². The predicted molar refractivity (Wildman–Crippen MR) is 85.7 cm³/mol. The highest BCUT2D eigenvalue weighted by Gasteiger charge is 2.14. The van der Waals surface area contributed by atoms with Gasteiger partial charge >= 0.3 is 6.03 Å². The summed E-state index contributed by atoms with van der Waals surface area (Å²) in [6.07, 6.45) is 1.67. The topological polar surface area (TPSA) is 63.2 Å². The van der Waals surface area contributed by atoms with Crippen molar-refractivity contribution in [1.82, 2.24) is 15.6 Å². The molecular formula is C17H20FN3O2. The zero-order valence-corrected chi connectivity index (χ0v) is 13.3. The number of hydrogen-bond acceptors (Lipinski definition) is 3. The van der Waals surface area contributed by atoms with Crippen molar-refractivity contribution in [2.24, 2.45) is 0 Å². The van der Waals surface area contributed by atoms with E-state index in [0.29, 0.717) is 5.56 Å². The van der Waals surface area contributed by atoms with E-state index in [4.69, 9.17) is 4.74 Å². The van der Waals surface area contributed by atoms with Crippen molar-refractivity contribution in [3.8, 4) is 5.75 Å². The number of carbonyl (C=O) groups excluding carboxylic acids is 1. The number of carbonyl (C=O) groups is 1. The summed E-state index contributed by atoms with van der Waals surface area (Å²) < 4.78 is 18.6. The zero-order chi connectivity index (χ0) is 16.8. The van der Waals surface area contributed by atoms with E-state index < -0.39 is 5.82 Å². The average Bonchev–Trinajstić information content (AvgIpc) is 2.55. The fraction of sp³-hybridized carbons (Fsp3) is 0.294. The van der Waals surface area contributed by atoms with Gasteiger partial charge in [0.15, 0.2) is 11.6 Å². The molecule has 0 unspecified atom stereocenters. The van der Waals surface area contributed by atoms with Crippen molar-refractivity contribution in [2.45, 2.75) is 25.9 Å². The number of nitrogens with one attached hydrogen (secondary N) is 2. The second kappa shape index (κ2) is 7.58. The lowest BCUT2D eigenvalue weighted by atomic mass is 10.1. The molecule has 0 spiro atoms. The van der Waals surface area contributed by atoms with Crippen molar-refractivity contribution < 1.29 is 13.9 Å². The number of rotatable bonds is 5. The SMILES string of the molecule is COc1ccc([C@@H](C)NC(=O)N[C@@H](C)c2ccccn2)cc1F. The van der Waals surface area contributed by atoms with Gasteiger partial charge in [-0.3, -0.25) is 4.98 Å². The molecule has 2 N–H and O–H groups in total. The van der Waals surface area contributed by atoms with Crippen LogP contribution >= 0.6 is 0 Å². The molecule has 23 heavy (non-hydrogen) atoms. The van der Waals surface area contributed by atoms with Gasteiger partial charge in [-0.1, -0.05) is 12.1 Å². The molecule has 2 rings (SSSR count). The molecule has 0 aliphatic carbocycles. The van der Waals surface area contributed by atoms with Crippen molar-refractivity contribution in [3.63, 3.8) is 0 Å². The number of pyridine rings is 1. The summed E-state index contributed by atoms with van der Waals surface area (Å²) in [6, 6.07) is 9.22. The van der Waals surface area contributed by atoms with Gasteiger partial charge in [-0.2, -0.15) is 0 Å². The predicted octanol–water partition coefficient (Wildman–Crippen LogP) is 3.35. The maximum atomic E-state index is 13.7. The second-order valence-electron chi connectivity index (χ2n) is 5.21. The van der Waals surface area contributed by atoms with Gasteiger partial charge in [0, 0.05) is 6.20 Å². The number of benzene rings is 1. The van der Waals surface area contributed by atoms with Gasteiger partial charge in [-0.25, -0.2) is 9.18 Å². The first-order valence-corrected chi connectivity index (χ1v) is 7.32. The Balaban J connectivity index is 1.95. The summed E-state index contributed by atoms with van der Waals surface area (Å²) in [5, 5.41) is 5.58. The lowest BCUT2D eigenvalue weighted by Gasteiger charge is -2.18. The third-order valence-corrected chi connectivity index (χ3v) is 3.50. The molecule has 1 heterocycles. The first-order valence-electron chi connectivity index (χ1n) is 7.32. The highest BCUT2D eigenvalue weighted by molar-refractivity contribution is 5.74. The maximum absolute atomic E-state index is 13.7. The van der Waals surface area contributed by atoms with Gasteiger partial charge in [0.1, 0.15) is 0 Å². The van der Waals surface area contributed by atoms with Crippen LogP contribution in [0.2, 0.25) is 0 Å². The molecule has 122 valence electrons. The lowest BCUT2D eigenvalue weighted by molar-refractivity contribution is 0.234. The summed E-state index contributed by atoms with van der Waals surface area (Å²) in [7, 11) is 1.41. The molecule has 0 aliphatic heterocycles. The van der Waals surface area contributed by atoms with E-state index >= 15 is 0 Å². The van der Waals surface area contributed by atoms with Crippen molar-refractivity contribution in [3.05, 3.63) is 59.7 Å². The minimum Gasteiger partial charge on any atom is -0.494 e. The quantitative estimate of drug-likeness (QED) is 0.889. The van der Waals surface area contributed by atoms with Crippen LogP contribution < -0.4 is 15.4 Å². The highest BCUT2D eigenvalue weighted by atomic mass is 19.1. The Morgan fingerprint density at radius 2 is 1.91 bits per heavy atom. The number of hydrogen-bond donors (Lipinski definition) is 2. The zero-order valence-electron chi connectivity index (χ0n) is 13.3. The van der Waals surface area contributed by atoms with Crippen LogP contribution in [-0.2, 0) is 0 Å². The molecule has 1 aromatic heterocycles. The van der Waals surface area contributed by atoms with E-state index in [0.717, 1.165) is 5.69 Å². The van der Waals surface area contributed by atoms with Crippen LogP contribution in [-0.4, -0.2) is 18.1 Å². The molecule has 2 amide bonds. The smallest absolute Gasteiger partial charge is 0.315 e. The normalized spacial score (nSPS) is 13.0. The number of halogens is 1. The van der Waals surface area contributed by atoms with E-state index in [1.807, 2.05) is 25.1 Å². The van der Waals surface area contributed by atoms with E-state index in [1.165, 1.54) is 19.2 Å². The Kier molecular flexibility index (Phi) is 5.51. The van der Waals surface area contributed by atoms with Crippen LogP contribution in [0.1, 0.15) is 37.2 Å². The van der Waals surface area contributed by atoms with E-state index in [9.17, 15) is 9.18 Å². The molecule has 0 saturated heterocycles. The minimum absolute atomic E-state index is 0.175. The van der Waals surface area contributed by atoms with Gasteiger partial charge < -0.3 is 15.4 Å². The number of amides is 2. The van der Waals surface area contributed by atoms with Crippen LogP contribution in [0.4, 0.5) is 9.18 Å². The maximum Gasteiger partial charge on any atom is 0.315 e. The summed E-state index contributed by atoms with van der Waals surface area (Å²) in [5.74, 6) is -0.282. The molecule has 0 fully saturated rings. The summed E-state index contributed by atoms with van der Waals surface area (Å²) >= 11 is 0. The lowest BCUT2D eigenvalue weighted by Crippen LogP contribution is -2.38. The van der Waals surface area contributed by atoms with Gasteiger partial charge in [0.25, 0.3) is 0 Å². The van der Waals surface area contributed by atoms with Crippen LogP contribution in [0.25, 0.3) is 0 Å². The van der Waals surface area contributed by atoms with Crippen LogP contribution in [0.5, 0.6) is 5.75 Å².